The number of nitrogens with one attached hydrogen (secondary N) is 1. The quantitative estimate of drug-likeness (QED) is 0.480. The van der Waals surface area contributed by atoms with Gasteiger partial charge in [-0.1, -0.05) is 0 Å². The molecule has 43 heavy (non-hydrogen) atoms. The third-order valence-corrected chi connectivity index (χ3v) is 8.55. The number of amides is 2. The Kier molecular flexibility index (Phi) is 6.89. The van der Waals surface area contributed by atoms with E-state index in [1.165, 1.54) is 0 Å². The first-order chi connectivity index (χ1) is 20.7. The fraction of sp³-hybridized carbons (Fsp3) is 0.452. The number of benzene rings is 1. The van der Waals surface area contributed by atoms with E-state index in [1.54, 1.807) is 17.3 Å². The van der Waals surface area contributed by atoms with Gasteiger partial charge in [0.05, 0.1) is 30.7 Å². The summed E-state index contributed by atoms with van der Waals surface area (Å²) in [5.74, 6) is 1.72. The van der Waals surface area contributed by atoms with Gasteiger partial charge in [-0.3, -0.25) is 14.5 Å². The van der Waals surface area contributed by atoms with Crippen molar-refractivity contribution in [1.82, 2.24) is 24.8 Å². The molecule has 2 amide bonds. The van der Waals surface area contributed by atoms with Gasteiger partial charge >= 0.3 is 0 Å². The summed E-state index contributed by atoms with van der Waals surface area (Å²) in [5, 5.41) is 3.27. The van der Waals surface area contributed by atoms with E-state index in [4.69, 9.17) is 14.5 Å². The number of ether oxygens (including phenoxy) is 2. The van der Waals surface area contributed by atoms with Crippen molar-refractivity contribution in [3.63, 3.8) is 0 Å². The standard InChI is InChI=1S/C31H36N8O4/c1-31(2)28-23(22-7-6-21(16-25(22)43-31)38-8-4-5-26(38)40)18-33-30(35-28)34-20-15-24-29(32-17-20)42-14-13-39(24)27(41)19-37-11-9-36(3)10-12-37/h6-7,15-18H,4-5,8-14,19H2,1-3H3,(H,33,34,35). The molecule has 3 aromatic rings. The highest BCUT2D eigenvalue weighted by atomic mass is 16.5. The van der Waals surface area contributed by atoms with Crippen LogP contribution in [0.5, 0.6) is 11.6 Å². The fourth-order valence-electron chi connectivity index (χ4n) is 6.17. The van der Waals surface area contributed by atoms with Crippen molar-refractivity contribution < 1.29 is 19.1 Å². The topological polar surface area (TPSA) is 116 Å². The lowest BCUT2D eigenvalue weighted by Gasteiger charge is -2.35. The number of fused-ring (bicyclic) bond motifs is 4. The van der Waals surface area contributed by atoms with Crippen molar-refractivity contribution in [2.45, 2.75) is 32.3 Å². The van der Waals surface area contributed by atoms with Gasteiger partial charge in [0.15, 0.2) is 0 Å². The van der Waals surface area contributed by atoms with Crippen LogP contribution in [0.15, 0.2) is 36.7 Å². The number of carbonyl (C=O) groups excluding carboxylic acids is 2. The van der Waals surface area contributed by atoms with Crippen LogP contribution in [-0.2, 0) is 15.2 Å². The van der Waals surface area contributed by atoms with Crippen molar-refractivity contribution in [3.05, 3.63) is 42.4 Å². The van der Waals surface area contributed by atoms with Crippen molar-refractivity contribution in [1.29, 1.82) is 0 Å². The summed E-state index contributed by atoms with van der Waals surface area (Å²) in [6.45, 7) is 9.57. The van der Waals surface area contributed by atoms with Gasteiger partial charge in [0, 0.05) is 68.2 Å². The van der Waals surface area contributed by atoms with Gasteiger partial charge in [-0.15, -0.1) is 0 Å². The summed E-state index contributed by atoms with van der Waals surface area (Å²) < 4.78 is 12.2. The van der Waals surface area contributed by atoms with Crippen molar-refractivity contribution in [2.24, 2.45) is 0 Å². The van der Waals surface area contributed by atoms with E-state index >= 15 is 0 Å². The molecule has 0 unspecified atom stereocenters. The van der Waals surface area contributed by atoms with Crippen molar-refractivity contribution >= 4 is 34.8 Å². The third kappa shape index (κ3) is 5.25. The highest BCUT2D eigenvalue weighted by molar-refractivity contribution is 5.97. The summed E-state index contributed by atoms with van der Waals surface area (Å²) >= 11 is 0. The maximum Gasteiger partial charge on any atom is 0.241 e. The van der Waals surface area contributed by atoms with Crippen molar-refractivity contribution in [3.8, 4) is 22.8 Å². The summed E-state index contributed by atoms with van der Waals surface area (Å²) in [6, 6.07) is 7.73. The molecule has 6 heterocycles. The van der Waals surface area contributed by atoms with Crippen LogP contribution in [0.25, 0.3) is 11.1 Å². The number of hydrogen-bond donors (Lipinski definition) is 1. The van der Waals surface area contributed by atoms with E-state index in [-0.39, 0.29) is 11.8 Å². The highest BCUT2D eigenvalue weighted by Crippen LogP contribution is 2.46. The van der Waals surface area contributed by atoms with Crippen LogP contribution >= 0.6 is 0 Å². The maximum absolute atomic E-state index is 13.3. The molecule has 224 valence electrons. The number of anilines is 4. The molecule has 0 bridgehead atoms. The van der Waals surface area contributed by atoms with Crippen LogP contribution in [0.3, 0.4) is 0 Å². The number of pyridine rings is 1. The molecule has 1 N–H and O–H groups in total. The molecule has 7 rings (SSSR count). The van der Waals surface area contributed by atoms with Gasteiger partial charge in [0.2, 0.25) is 23.6 Å². The molecule has 0 spiro atoms. The summed E-state index contributed by atoms with van der Waals surface area (Å²) in [4.78, 5) is 47.7. The zero-order chi connectivity index (χ0) is 29.7. The first-order valence-electron chi connectivity index (χ1n) is 14.9. The second-order valence-corrected chi connectivity index (χ2v) is 12.0. The van der Waals surface area contributed by atoms with E-state index in [0.717, 1.165) is 61.7 Å². The lowest BCUT2D eigenvalue weighted by Crippen LogP contribution is -2.50. The molecule has 2 fully saturated rings. The Labute approximate surface area is 250 Å². The Morgan fingerprint density at radius 1 is 1.02 bits per heavy atom. The lowest BCUT2D eigenvalue weighted by molar-refractivity contribution is -0.120. The van der Waals surface area contributed by atoms with E-state index < -0.39 is 5.60 Å². The minimum Gasteiger partial charge on any atom is -0.481 e. The van der Waals surface area contributed by atoms with E-state index in [1.807, 2.05) is 43.0 Å². The van der Waals surface area contributed by atoms with Crippen LogP contribution in [0, 0.1) is 0 Å². The van der Waals surface area contributed by atoms with Crippen LogP contribution in [0.4, 0.5) is 23.0 Å². The Bertz CT molecular complexity index is 1590. The number of aromatic nitrogens is 3. The molecule has 4 aliphatic rings. The minimum atomic E-state index is -0.732. The highest BCUT2D eigenvalue weighted by Gasteiger charge is 2.36. The van der Waals surface area contributed by atoms with Crippen LogP contribution < -0.4 is 24.6 Å². The summed E-state index contributed by atoms with van der Waals surface area (Å²) in [6.07, 6.45) is 4.91. The zero-order valence-corrected chi connectivity index (χ0v) is 24.8. The minimum absolute atomic E-state index is 0.0351. The van der Waals surface area contributed by atoms with Gasteiger partial charge in [-0.25, -0.2) is 15.0 Å². The number of piperazine rings is 1. The van der Waals surface area contributed by atoms with Gasteiger partial charge in [-0.05, 0) is 45.5 Å². The predicted molar refractivity (Wildman–Crippen MR) is 162 cm³/mol. The first-order valence-corrected chi connectivity index (χ1v) is 14.9. The van der Waals surface area contributed by atoms with Gasteiger partial charge < -0.3 is 29.5 Å². The molecule has 12 nitrogen and oxygen atoms in total. The molecule has 12 heteroatoms. The molecule has 2 saturated heterocycles. The smallest absolute Gasteiger partial charge is 0.241 e. The molecule has 4 aliphatic heterocycles. The maximum atomic E-state index is 13.3. The molecule has 1 aromatic carbocycles. The van der Waals surface area contributed by atoms with Crippen LogP contribution in [-0.4, -0.2) is 96.0 Å². The molecular weight excluding hydrogens is 548 g/mol. The Morgan fingerprint density at radius 2 is 1.86 bits per heavy atom. The molecule has 0 aliphatic carbocycles. The molecule has 0 saturated carbocycles. The zero-order valence-electron chi connectivity index (χ0n) is 24.8. The van der Waals surface area contributed by atoms with Gasteiger partial charge in [0.1, 0.15) is 23.6 Å². The number of rotatable bonds is 5. The number of nitrogens with zero attached hydrogens (tertiary/aromatic N) is 7. The molecule has 2 aromatic heterocycles. The summed E-state index contributed by atoms with van der Waals surface area (Å²) in [7, 11) is 2.10. The SMILES string of the molecule is CN1CCN(CC(=O)N2CCOc3ncc(Nc4ncc5c(n4)C(C)(C)Oc4cc(N6CCCC6=O)ccc4-5)cc32)CC1. The third-order valence-electron chi connectivity index (χ3n) is 8.55. The predicted octanol–water partition coefficient (Wildman–Crippen LogP) is 3.01. The Hall–Kier alpha value is -4.29. The Balaban J connectivity index is 1.12. The van der Waals surface area contributed by atoms with E-state index in [0.29, 0.717) is 55.1 Å². The average molecular weight is 585 g/mol. The first kappa shape index (κ1) is 27.5. The van der Waals surface area contributed by atoms with Crippen LogP contribution in [0.2, 0.25) is 0 Å². The van der Waals surface area contributed by atoms with E-state index in [2.05, 4.69) is 32.1 Å². The normalized spacial score (nSPS) is 19.7. The number of hydrogen-bond acceptors (Lipinski definition) is 10. The second kappa shape index (κ2) is 10.8. The average Bonchev–Trinajstić information content (AvgIpc) is 3.43. The van der Waals surface area contributed by atoms with Crippen molar-refractivity contribution in [2.75, 3.05) is 74.6 Å². The number of likely N-dealkylation sites (N-methyl/N-ethyl adjacent to an activating group) is 1. The molecule has 0 radical (unpaired) electrons. The largest absolute Gasteiger partial charge is 0.481 e. The van der Waals surface area contributed by atoms with Gasteiger partial charge in [-0.2, -0.15) is 0 Å². The summed E-state index contributed by atoms with van der Waals surface area (Å²) in [5.41, 5.74) is 3.92. The van der Waals surface area contributed by atoms with Gasteiger partial charge in [0.25, 0.3) is 0 Å². The number of carbonyl (C=O) groups is 2. The monoisotopic (exact) mass is 584 g/mol. The van der Waals surface area contributed by atoms with Crippen LogP contribution in [0.1, 0.15) is 32.4 Å². The molecular formula is C31H36N8O4. The Morgan fingerprint density at radius 3 is 2.65 bits per heavy atom. The van der Waals surface area contributed by atoms with E-state index in [9.17, 15) is 9.59 Å². The fourth-order valence-corrected chi connectivity index (χ4v) is 6.17. The molecule has 0 atom stereocenters. The second-order valence-electron chi connectivity index (χ2n) is 12.0. The lowest BCUT2D eigenvalue weighted by atomic mass is 9.91.